The summed E-state index contributed by atoms with van der Waals surface area (Å²) < 4.78 is 12.0. The van der Waals surface area contributed by atoms with Crippen molar-refractivity contribution in [2.24, 2.45) is 10.7 Å². The van der Waals surface area contributed by atoms with Gasteiger partial charge in [0.2, 0.25) is 0 Å². The van der Waals surface area contributed by atoms with Gasteiger partial charge in [0.15, 0.2) is 0 Å². The molecule has 6 heteroatoms. The summed E-state index contributed by atoms with van der Waals surface area (Å²) in [5, 5.41) is 9.34. The van der Waals surface area contributed by atoms with E-state index < -0.39 is 24.4 Å². The Bertz CT molecular complexity index is 408. The Labute approximate surface area is 122 Å². The molecule has 0 aromatic heterocycles. The van der Waals surface area contributed by atoms with Crippen molar-refractivity contribution in [2.75, 3.05) is 6.54 Å². The summed E-state index contributed by atoms with van der Waals surface area (Å²) in [6, 6.07) is 0. The average molecular weight is 282 g/mol. The molecule has 20 heavy (non-hydrogen) atoms. The smallest absolute Gasteiger partial charge is 0.402 e. The van der Waals surface area contributed by atoms with Gasteiger partial charge >= 0.3 is 7.12 Å². The molecular formula is C14H27BN2O3. The quantitative estimate of drug-likeness (QED) is 0.607. The molecule has 1 heterocycles. The molecular weight excluding hydrogens is 255 g/mol. The Balaban J connectivity index is 3.03. The fourth-order valence-corrected chi connectivity index (χ4v) is 1.96. The van der Waals surface area contributed by atoms with Crippen LogP contribution in [0.3, 0.4) is 0 Å². The first-order valence-electron chi connectivity index (χ1n) is 6.99. The topological polar surface area (TPSA) is 77.1 Å². The summed E-state index contributed by atoms with van der Waals surface area (Å²) in [4.78, 5) is 4.35. The minimum Gasteiger partial charge on any atom is -0.402 e. The number of rotatable bonds is 4. The summed E-state index contributed by atoms with van der Waals surface area (Å²) in [5.74, 6) is 0. The fraction of sp³-hybridized carbons (Fsp3) is 0.786. The highest BCUT2D eigenvalue weighted by Gasteiger charge is 2.53. The molecule has 0 radical (unpaired) electrons. The van der Waals surface area contributed by atoms with Gasteiger partial charge in [-0.3, -0.25) is 4.99 Å². The van der Waals surface area contributed by atoms with E-state index in [1.807, 2.05) is 41.5 Å². The van der Waals surface area contributed by atoms with Gasteiger partial charge in [-0.2, -0.15) is 0 Å². The summed E-state index contributed by atoms with van der Waals surface area (Å²) in [6.45, 7) is 13.7. The van der Waals surface area contributed by atoms with Crippen LogP contribution in [0.1, 0.15) is 48.5 Å². The van der Waals surface area contributed by atoms with E-state index in [0.29, 0.717) is 12.2 Å². The zero-order valence-corrected chi connectivity index (χ0v) is 13.7. The van der Waals surface area contributed by atoms with Gasteiger partial charge in [0.1, 0.15) is 0 Å². The number of aliphatic hydroxyl groups excluding tert-OH is 1. The van der Waals surface area contributed by atoms with Crippen LogP contribution in [0.15, 0.2) is 16.2 Å². The Kier molecular flexibility index (Phi) is 5.06. The van der Waals surface area contributed by atoms with Crippen molar-refractivity contribution < 1.29 is 14.4 Å². The number of hydrogen-bond donors (Lipinski definition) is 2. The molecule has 1 atom stereocenters. The van der Waals surface area contributed by atoms with E-state index >= 15 is 0 Å². The molecule has 1 saturated heterocycles. The highest BCUT2D eigenvalue weighted by Crippen LogP contribution is 2.39. The van der Waals surface area contributed by atoms with Crippen LogP contribution < -0.4 is 5.73 Å². The monoisotopic (exact) mass is 282 g/mol. The van der Waals surface area contributed by atoms with Crippen LogP contribution in [0, 0.1) is 0 Å². The number of aliphatic hydroxyl groups is 1. The molecule has 1 fully saturated rings. The first kappa shape index (κ1) is 17.2. The highest BCUT2D eigenvalue weighted by atomic mass is 16.7. The van der Waals surface area contributed by atoms with Crippen molar-refractivity contribution in [3.05, 3.63) is 11.2 Å². The Morgan fingerprint density at radius 1 is 1.20 bits per heavy atom. The molecule has 0 amide bonds. The van der Waals surface area contributed by atoms with E-state index in [-0.39, 0.29) is 0 Å². The molecule has 1 aliphatic rings. The number of nitrogens with two attached hydrogens (primary N) is 1. The van der Waals surface area contributed by atoms with E-state index in [4.69, 9.17) is 15.0 Å². The third-order valence-electron chi connectivity index (χ3n) is 3.90. The van der Waals surface area contributed by atoms with Crippen molar-refractivity contribution in [1.29, 1.82) is 0 Å². The first-order chi connectivity index (χ1) is 8.98. The molecule has 0 bridgehead atoms. The molecule has 0 aromatic rings. The van der Waals surface area contributed by atoms with Crippen molar-refractivity contribution in [2.45, 2.75) is 65.8 Å². The number of nitrogens with zero attached hydrogens (tertiary/aromatic N) is 1. The second kappa shape index (κ2) is 5.88. The first-order valence-corrected chi connectivity index (χ1v) is 6.99. The lowest BCUT2D eigenvalue weighted by Crippen LogP contribution is -2.41. The van der Waals surface area contributed by atoms with Crippen molar-refractivity contribution in [1.82, 2.24) is 0 Å². The van der Waals surface area contributed by atoms with E-state index in [1.54, 1.807) is 6.92 Å². The summed E-state index contributed by atoms with van der Waals surface area (Å²) in [7, 11) is -0.525. The van der Waals surface area contributed by atoms with Gasteiger partial charge in [0.25, 0.3) is 0 Å². The molecule has 0 spiro atoms. The lowest BCUT2D eigenvalue weighted by Gasteiger charge is -2.32. The van der Waals surface area contributed by atoms with Gasteiger partial charge in [-0.1, -0.05) is 0 Å². The van der Waals surface area contributed by atoms with Crippen LogP contribution in [0.2, 0.25) is 0 Å². The molecule has 0 aromatic carbocycles. The van der Waals surface area contributed by atoms with Gasteiger partial charge in [-0.25, -0.2) is 0 Å². The highest BCUT2D eigenvalue weighted by molar-refractivity contribution is 6.62. The maximum absolute atomic E-state index is 9.34. The fourth-order valence-electron chi connectivity index (χ4n) is 1.96. The van der Waals surface area contributed by atoms with Crippen LogP contribution in [0.5, 0.6) is 0 Å². The molecule has 114 valence electrons. The van der Waals surface area contributed by atoms with Crippen molar-refractivity contribution >= 4 is 12.8 Å². The Hall–Kier alpha value is -0.845. The second-order valence-electron chi connectivity index (χ2n) is 6.46. The standard InChI is InChI=1S/C14H27BN2O3/c1-9(18)8-17-11(3)12(10(2)16)15-19-13(4,5)14(6,7)20-15/h9,18H,8,16H2,1-7H3/t9-/m0/s1. The van der Waals surface area contributed by atoms with Gasteiger partial charge in [-0.05, 0) is 48.5 Å². The van der Waals surface area contributed by atoms with Gasteiger partial charge in [0.05, 0.1) is 23.9 Å². The summed E-state index contributed by atoms with van der Waals surface area (Å²) in [5.41, 5.74) is 7.26. The maximum Gasteiger partial charge on any atom is 0.498 e. The van der Waals surface area contributed by atoms with Crippen molar-refractivity contribution in [3.8, 4) is 0 Å². The average Bonchev–Trinajstić information content (AvgIpc) is 2.44. The lowest BCUT2D eigenvalue weighted by molar-refractivity contribution is 0.00578. The van der Waals surface area contributed by atoms with Gasteiger partial charge in [-0.15, -0.1) is 0 Å². The molecule has 5 nitrogen and oxygen atoms in total. The second-order valence-corrected chi connectivity index (χ2v) is 6.46. The van der Waals surface area contributed by atoms with Crippen LogP contribution >= 0.6 is 0 Å². The van der Waals surface area contributed by atoms with E-state index in [1.165, 1.54) is 0 Å². The molecule has 0 unspecified atom stereocenters. The molecule has 1 rings (SSSR count). The van der Waals surface area contributed by atoms with Crippen LogP contribution in [0.4, 0.5) is 0 Å². The minimum atomic E-state index is -0.525. The Morgan fingerprint density at radius 3 is 2.00 bits per heavy atom. The van der Waals surface area contributed by atoms with Gasteiger partial charge < -0.3 is 20.1 Å². The predicted molar refractivity (Wildman–Crippen MR) is 82.6 cm³/mol. The maximum atomic E-state index is 9.34. The minimum absolute atomic E-state index is 0.335. The van der Waals surface area contributed by atoms with Crippen molar-refractivity contribution in [3.63, 3.8) is 0 Å². The van der Waals surface area contributed by atoms with Crippen LogP contribution in [-0.2, 0) is 9.31 Å². The lowest BCUT2D eigenvalue weighted by atomic mass is 9.74. The third kappa shape index (κ3) is 3.62. The van der Waals surface area contributed by atoms with E-state index in [0.717, 1.165) is 11.2 Å². The zero-order valence-electron chi connectivity index (χ0n) is 13.7. The normalized spacial score (nSPS) is 24.6. The van der Waals surface area contributed by atoms with E-state index in [2.05, 4.69) is 4.99 Å². The van der Waals surface area contributed by atoms with Gasteiger partial charge in [0, 0.05) is 16.9 Å². The summed E-state index contributed by atoms with van der Waals surface area (Å²) in [6.07, 6.45) is -0.484. The molecule has 3 N–H and O–H groups in total. The third-order valence-corrected chi connectivity index (χ3v) is 3.90. The summed E-state index contributed by atoms with van der Waals surface area (Å²) >= 11 is 0. The molecule has 1 aliphatic heterocycles. The van der Waals surface area contributed by atoms with E-state index in [9.17, 15) is 5.11 Å². The molecule has 0 saturated carbocycles. The zero-order chi connectivity index (χ0) is 15.7. The van der Waals surface area contributed by atoms with Crippen LogP contribution in [0.25, 0.3) is 0 Å². The Morgan fingerprint density at radius 2 is 1.65 bits per heavy atom. The number of aliphatic imine (C=N–C) groups is 1. The largest absolute Gasteiger partial charge is 0.498 e. The number of hydrogen-bond acceptors (Lipinski definition) is 5. The van der Waals surface area contributed by atoms with Crippen LogP contribution in [-0.4, -0.2) is 41.8 Å². The predicted octanol–water partition coefficient (Wildman–Crippen LogP) is 1.69. The molecule has 0 aliphatic carbocycles. The SMILES string of the molecule is CC(=NC[C@H](C)O)C(B1OC(C)(C)C(C)(C)O1)=C(C)N. The number of allylic oxidation sites excluding steroid dienone is 2.